The predicted octanol–water partition coefficient (Wildman–Crippen LogP) is 4.15. The molecule has 1 N–H and O–H groups in total. The number of nitrogens with zero attached hydrogens (tertiary/aromatic N) is 9. The molecule has 0 unspecified atom stereocenters. The van der Waals surface area contributed by atoms with E-state index >= 15 is 0 Å². The van der Waals surface area contributed by atoms with E-state index in [0.29, 0.717) is 42.1 Å². The molecule has 2 aliphatic heterocycles. The van der Waals surface area contributed by atoms with Gasteiger partial charge in [-0.2, -0.15) is 5.26 Å². The van der Waals surface area contributed by atoms with Crippen molar-refractivity contribution in [2.45, 2.75) is 51.1 Å². The summed E-state index contributed by atoms with van der Waals surface area (Å²) in [6, 6.07) is 9.51. The van der Waals surface area contributed by atoms with Gasteiger partial charge in [-0.3, -0.25) is 9.20 Å². The van der Waals surface area contributed by atoms with Crippen molar-refractivity contribution in [2.24, 2.45) is 0 Å². The van der Waals surface area contributed by atoms with Crippen molar-refractivity contribution >= 4 is 23.2 Å². The second-order valence-corrected chi connectivity index (χ2v) is 11.8. The lowest BCUT2D eigenvalue weighted by Crippen LogP contribution is -2.45. The smallest absolute Gasteiger partial charge is 0.236 e. The van der Waals surface area contributed by atoms with Gasteiger partial charge in [0.2, 0.25) is 5.91 Å². The van der Waals surface area contributed by atoms with E-state index < -0.39 is 0 Å². The molecular formula is C32H37FN10O. The number of halogens is 1. The SMILES string of the molecule is Cc1c(N[C@@H]2CCCN(C(=O)CC#N)C2)nc(-c2cnc3ccc(F)cn23)nc1-c1ccnc(N2CCC(N(C)C)CC2)c1. The molecule has 12 heteroatoms. The number of amides is 1. The number of nitriles is 1. The zero-order chi connectivity index (χ0) is 30.8. The Morgan fingerprint density at radius 2 is 1.95 bits per heavy atom. The molecular weight excluding hydrogens is 559 g/mol. The number of rotatable bonds is 7. The largest absolute Gasteiger partial charge is 0.365 e. The van der Waals surface area contributed by atoms with Crippen LogP contribution in [0.5, 0.6) is 0 Å². The monoisotopic (exact) mass is 596 g/mol. The van der Waals surface area contributed by atoms with Gasteiger partial charge in [-0.05, 0) is 71.0 Å². The number of hydrogen-bond acceptors (Lipinski definition) is 9. The van der Waals surface area contributed by atoms with Gasteiger partial charge >= 0.3 is 0 Å². The molecule has 0 spiro atoms. The van der Waals surface area contributed by atoms with Crippen molar-refractivity contribution in [3.05, 3.63) is 54.2 Å². The van der Waals surface area contributed by atoms with E-state index in [0.717, 1.165) is 61.4 Å². The molecule has 4 aromatic heterocycles. The minimum absolute atomic E-state index is 0.0497. The van der Waals surface area contributed by atoms with E-state index in [9.17, 15) is 9.18 Å². The Kier molecular flexibility index (Phi) is 8.39. The predicted molar refractivity (Wildman–Crippen MR) is 167 cm³/mol. The molecule has 44 heavy (non-hydrogen) atoms. The third-order valence-corrected chi connectivity index (χ3v) is 8.73. The van der Waals surface area contributed by atoms with Crippen molar-refractivity contribution in [3.8, 4) is 28.8 Å². The highest BCUT2D eigenvalue weighted by Gasteiger charge is 2.26. The maximum atomic E-state index is 14.3. The third kappa shape index (κ3) is 6.05. The lowest BCUT2D eigenvalue weighted by Gasteiger charge is -2.36. The minimum atomic E-state index is -0.386. The van der Waals surface area contributed by atoms with Gasteiger partial charge in [0.05, 0.1) is 18.0 Å². The van der Waals surface area contributed by atoms with Crippen LogP contribution in [-0.4, -0.2) is 92.4 Å². The lowest BCUT2D eigenvalue weighted by atomic mass is 10.0. The Morgan fingerprint density at radius 3 is 2.73 bits per heavy atom. The molecule has 0 aromatic carbocycles. The van der Waals surface area contributed by atoms with Gasteiger partial charge in [0, 0.05) is 61.8 Å². The van der Waals surface area contributed by atoms with Crippen LogP contribution in [0.1, 0.15) is 37.7 Å². The first-order chi connectivity index (χ1) is 21.3. The average Bonchev–Trinajstić information content (AvgIpc) is 3.45. The number of imidazole rings is 1. The van der Waals surface area contributed by atoms with Crippen LogP contribution < -0.4 is 10.2 Å². The molecule has 0 saturated carbocycles. The lowest BCUT2D eigenvalue weighted by molar-refractivity contribution is -0.131. The molecule has 2 saturated heterocycles. The van der Waals surface area contributed by atoms with Gasteiger partial charge in [0.1, 0.15) is 35.2 Å². The molecule has 6 heterocycles. The van der Waals surface area contributed by atoms with Crippen molar-refractivity contribution < 1.29 is 9.18 Å². The topological polar surface area (TPSA) is 119 Å². The molecule has 4 aromatic rings. The fraction of sp³-hybridized carbons (Fsp3) is 0.438. The van der Waals surface area contributed by atoms with Crippen LogP contribution in [-0.2, 0) is 4.79 Å². The quantitative estimate of drug-likeness (QED) is 0.336. The number of pyridine rings is 2. The standard InChI is InChI=1S/C32H37FN10O/c1-21-30(22-9-13-35-28(17-22)41-15-10-25(11-16-41)40(2)3)38-32(26-18-36-27-7-6-23(33)19-43(26)27)39-31(21)37-24-5-4-14-42(20-24)29(44)8-12-34/h6-7,9,13,17-19,24-25H,4-5,8,10-11,14-16,20H2,1-3H3,(H,37,38,39)/t24-/m1/s1. The maximum absolute atomic E-state index is 14.3. The molecule has 1 atom stereocenters. The number of carbonyl (C=O) groups excluding carboxylic acids is 1. The van der Waals surface area contributed by atoms with Gasteiger partial charge < -0.3 is 20.0 Å². The fourth-order valence-electron chi connectivity index (χ4n) is 6.22. The molecule has 2 aliphatic rings. The normalized spacial score (nSPS) is 17.7. The van der Waals surface area contributed by atoms with E-state index in [1.54, 1.807) is 21.6 Å². The second kappa shape index (κ2) is 12.5. The Morgan fingerprint density at radius 1 is 1.14 bits per heavy atom. The van der Waals surface area contributed by atoms with Crippen LogP contribution in [0.15, 0.2) is 42.9 Å². The first-order valence-electron chi connectivity index (χ1n) is 15.1. The first kappa shape index (κ1) is 29.4. The minimum Gasteiger partial charge on any atom is -0.365 e. The van der Waals surface area contributed by atoms with E-state index in [4.69, 9.17) is 20.2 Å². The van der Waals surface area contributed by atoms with Gasteiger partial charge in [0.15, 0.2) is 5.82 Å². The number of piperidine rings is 2. The number of nitrogens with one attached hydrogen (secondary N) is 1. The number of aromatic nitrogens is 5. The fourth-order valence-corrected chi connectivity index (χ4v) is 6.22. The Hall–Kier alpha value is -4.63. The average molecular weight is 597 g/mol. The van der Waals surface area contributed by atoms with Crippen molar-refractivity contribution in [1.82, 2.24) is 34.1 Å². The highest BCUT2D eigenvalue weighted by Crippen LogP contribution is 2.32. The number of anilines is 2. The summed E-state index contributed by atoms with van der Waals surface area (Å²) in [4.78, 5) is 37.9. The molecule has 1 amide bonds. The van der Waals surface area contributed by atoms with Crippen molar-refractivity contribution in [2.75, 3.05) is 50.5 Å². The Bertz CT molecular complexity index is 1710. The zero-order valence-electron chi connectivity index (χ0n) is 25.4. The number of fused-ring (bicyclic) bond motifs is 1. The van der Waals surface area contributed by atoms with Crippen molar-refractivity contribution in [1.29, 1.82) is 5.26 Å². The van der Waals surface area contributed by atoms with Gasteiger partial charge in [-0.25, -0.2) is 24.3 Å². The van der Waals surface area contributed by atoms with Crippen LogP contribution in [0.3, 0.4) is 0 Å². The van der Waals surface area contributed by atoms with Gasteiger partial charge in [-0.1, -0.05) is 0 Å². The summed E-state index contributed by atoms with van der Waals surface area (Å²) in [6.45, 7) is 4.96. The van der Waals surface area contributed by atoms with E-state index in [-0.39, 0.29) is 24.2 Å². The summed E-state index contributed by atoms with van der Waals surface area (Å²) in [6.07, 6.45) is 8.55. The number of hydrogen-bond donors (Lipinski definition) is 1. The second-order valence-electron chi connectivity index (χ2n) is 11.8. The number of likely N-dealkylation sites (tertiary alicyclic amines) is 1. The molecule has 2 fully saturated rings. The zero-order valence-corrected chi connectivity index (χ0v) is 25.4. The highest BCUT2D eigenvalue weighted by atomic mass is 19.1. The summed E-state index contributed by atoms with van der Waals surface area (Å²) in [5, 5.41) is 12.6. The summed E-state index contributed by atoms with van der Waals surface area (Å²) < 4.78 is 15.9. The first-order valence-corrected chi connectivity index (χ1v) is 15.1. The maximum Gasteiger partial charge on any atom is 0.236 e. The Balaban J connectivity index is 1.38. The molecule has 0 aliphatic carbocycles. The highest BCUT2D eigenvalue weighted by molar-refractivity contribution is 5.78. The summed E-state index contributed by atoms with van der Waals surface area (Å²) in [5.41, 5.74) is 3.66. The summed E-state index contributed by atoms with van der Waals surface area (Å²) in [5.74, 6) is 1.41. The van der Waals surface area contributed by atoms with Crippen LogP contribution in [0.4, 0.5) is 16.0 Å². The van der Waals surface area contributed by atoms with Crippen LogP contribution in [0.2, 0.25) is 0 Å². The van der Waals surface area contributed by atoms with E-state index in [1.165, 1.54) is 12.3 Å². The molecule has 0 radical (unpaired) electrons. The number of carbonyl (C=O) groups is 1. The van der Waals surface area contributed by atoms with Crippen LogP contribution in [0, 0.1) is 24.1 Å². The van der Waals surface area contributed by atoms with Gasteiger partial charge in [0.25, 0.3) is 0 Å². The summed E-state index contributed by atoms with van der Waals surface area (Å²) in [7, 11) is 4.26. The Labute approximate surface area is 256 Å². The van der Waals surface area contributed by atoms with Crippen LogP contribution in [0.25, 0.3) is 28.4 Å². The van der Waals surface area contributed by atoms with E-state index in [2.05, 4.69) is 40.3 Å². The molecule has 11 nitrogen and oxygen atoms in total. The van der Waals surface area contributed by atoms with Crippen LogP contribution >= 0.6 is 0 Å². The van der Waals surface area contributed by atoms with E-state index in [1.807, 2.05) is 25.3 Å². The summed E-state index contributed by atoms with van der Waals surface area (Å²) >= 11 is 0. The third-order valence-electron chi connectivity index (χ3n) is 8.73. The molecule has 6 rings (SSSR count). The molecule has 228 valence electrons. The molecule has 0 bridgehead atoms. The van der Waals surface area contributed by atoms with Crippen molar-refractivity contribution in [3.63, 3.8) is 0 Å². The van der Waals surface area contributed by atoms with Gasteiger partial charge in [-0.15, -0.1) is 0 Å².